The zero-order chi connectivity index (χ0) is 13.7. The Balaban J connectivity index is 2.09. The summed E-state index contributed by atoms with van der Waals surface area (Å²) in [6, 6.07) is 7.65. The molecule has 0 fully saturated rings. The molecule has 0 aliphatic heterocycles. The number of aromatic nitrogens is 1. The zero-order valence-corrected chi connectivity index (χ0v) is 11.6. The molecule has 1 heterocycles. The van der Waals surface area contributed by atoms with Gasteiger partial charge in [-0.25, -0.2) is 4.98 Å². The highest BCUT2D eigenvalue weighted by atomic mass is 32.1. The van der Waals surface area contributed by atoms with Crippen molar-refractivity contribution in [2.45, 2.75) is 13.3 Å². The van der Waals surface area contributed by atoms with Crippen LogP contribution in [-0.4, -0.2) is 23.5 Å². The van der Waals surface area contributed by atoms with Crippen molar-refractivity contribution in [3.8, 4) is 5.75 Å². The maximum absolute atomic E-state index is 8.44. The van der Waals surface area contributed by atoms with Gasteiger partial charge in [0.25, 0.3) is 0 Å². The van der Waals surface area contributed by atoms with Crippen LogP contribution in [0.2, 0.25) is 0 Å². The van der Waals surface area contributed by atoms with Crippen LogP contribution in [0.25, 0.3) is 0 Å². The van der Waals surface area contributed by atoms with Gasteiger partial charge in [-0.05, 0) is 31.2 Å². The quantitative estimate of drug-likeness (QED) is 0.500. The molecule has 19 heavy (non-hydrogen) atoms. The average molecular weight is 277 g/mol. The first kappa shape index (κ1) is 13.4. The first-order valence-electron chi connectivity index (χ1n) is 5.76. The Hall–Kier alpha value is -2.08. The first-order chi connectivity index (χ1) is 9.22. The minimum Gasteiger partial charge on any atom is -0.497 e. The normalized spacial score (nSPS) is 10.8. The second-order valence-corrected chi connectivity index (χ2v) is 4.97. The minimum atomic E-state index is 0.588. The van der Waals surface area contributed by atoms with Crippen LogP contribution in [0.3, 0.4) is 0 Å². The number of oxime groups is 1. The van der Waals surface area contributed by atoms with Gasteiger partial charge in [-0.2, -0.15) is 0 Å². The van der Waals surface area contributed by atoms with Crippen LogP contribution >= 0.6 is 11.3 Å². The molecule has 0 amide bonds. The summed E-state index contributed by atoms with van der Waals surface area (Å²) < 4.78 is 5.11. The van der Waals surface area contributed by atoms with Crippen molar-refractivity contribution in [3.05, 3.63) is 34.8 Å². The lowest BCUT2D eigenvalue weighted by molar-refractivity contribution is 0.321. The van der Waals surface area contributed by atoms with E-state index < -0.39 is 0 Å². The van der Waals surface area contributed by atoms with E-state index in [1.54, 1.807) is 18.4 Å². The number of benzene rings is 1. The van der Waals surface area contributed by atoms with Crippen LogP contribution in [-0.2, 0) is 6.42 Å². The number of nitrogens with one attached hydrogen (secondary N) is 1. The van der Waals surface area contributed by atoms with Crippen LogP contribution in [0.5, 0.6) is 5.75 Å². The minimum absolute atomic E-state index is 0.588. The first-order valence-corrected chi connectivity index (χ1v) is 6.58. The van der Waals surface area contributed by atoms with Gasteiger partial charge < -0.3 is 15.3 Å². The molecule has 0 atom stereocenters. The Bertz CT molecular complexity index is 564. The summed E-state index contributed by atoms with van der Waals surface area (Å²) in [7, 11) is 1.64. The lowest BCUT2D eigenvalue weighted by atomic mass is 10.3. The third-order valence-corrected chi connectivity index (χ3v) is 3.69. The van der Waals surface area contributed by atoms with Gasteiger partial charge in [0.1, 0.15) is 5.75 Å². The number of hydrogen-bond acceptors (Lipinski definition) is 6. The fourth-order valence-corrected chi connectivity index (χ4v) is 2.53. The van der Waals surface area contributed by atoms with Crippen LogP contribution < -0.4 is 10.1 Å². The van der Waals surface area contributed by atoms with Gasteiger partial charge in [0, 0.05) is 23.2 Å². The van der Waals surface area contributed by atoms with Crippen molar-refractivity contribution in [2.24, 2.45) is 5.16 Å². The Morgan fingerprint density at radius 1 is 1.42 bits per heavy atom. The Morgan fingerprint density at radius 2 is 2.16 bits per heavy atom. The van der Waals surface area contributed by atoms with Gasteiger partial charge in [0.15, 0.2) is 5.13 Å². The molecule has 6 heteroatoms. The molecular formula is C13H15N3O2S. The van der Waals surface area contributed by atoms with Crippen LogP contribution in [0, 0.1) is 6.92 Å². The lowest BCUT2D eigenvalue weighted by Crippen LogP contribution is -1.89. The van der Waals surface area contributed by atoms with Crippen molar-refractivity contribution in [1.29, 1.82) is 0 Å². The van der Waals surface area contributed by atoms with E-state index in [1.165, 1.54) is 6.21 Å². The fraction of sp³-hybridized carbons (Fsp3) is 0.231. The van der Waals surface area contributed by atoms with E-state index in [0.29, 0.717) is 6.42 Å². The summed E-state index contributed by atoms with van der Waals surface area (Å²) >= 11 is 1.55. The molecule has 0 radical (unpaired) electrons. The maximum Gasteiger partial charge on any atom is 0.187 e. The predicted octanol–water partition coefficient (Wildman–Crippen LogP) is 3.21. The predicted molar refractivity (Wildman–Crippen MR) is 77.1 cm³/mol. The number of nitrogens with zero attached hydrogens (tertiary/aromatic N) is 2. The molecular weight excluding hydrogens is 262 g/mol. The maximum atomic E-state index is 8.44. The van der Waals surface area contributed by atoms with Gasteiger partial charge in [-0.1, -0.05) is 0 Å². The van der Waals surface area contributed by atoms with Crippen molar-refractivity contribution in [2.75, 3.05) is 12.4 Å². The monoisotopic (exact) mass is 277 g/mol. The third kappa shape index (κ3) is 3.45. The molecule has 0 aliphatic rings. The highest BCUT2D eigenvalue weighted by molar-refractivity contribution is 7.15. The summed E-state index contributed by atoms with van der Waals surface area (Å²) in [6.45, 7) is 1.94. The smallest absolute Gasteiger partial charge is 0.187 e. The molecule has 0 saturated heterocycles. The number of anilines is 2. The standard InChI is InChI=1S/C13H15N3O2S/c1-9-12(7-8-14-17)19-13(15-9)16-10-3-5-11(18-2)6-4-10/h3-6,8,17H,7H2,1-2H3,(H,15,16). The Kier molecular flexibility index (Phi) is 4.35. The third-order valence-electron chi connectivity index (χ3n) is 2.59. The molecule has 0 unspecified atom stereocenters. The lowest BCUT2D eigenvalue weighted by Gasteiger charge is -2.03. The van der Waals surface area contributed by atoms with Crippen LogP contribution in [0.15, 0.2) is 29.4 Å². The van der Waals surface area contributed by atoms with E-state index in [1.807, 2.05) is 31.2 Å². The highest BCUT2D eigenvalue weighted by Gasteiger charge is 2.07. The summed E-state index contributed by atoms with van der Waals surface area (Å²) in [6.07, 6.45) is 2.04. The zero-order valence-electron chi connectivity index (χ0n) is 10.8. The highest BCUT2D eigenvalue weighted by Crippen LogP contribution is 2.26. The SMILES string of the molecule is COc1ccc(Nc2nc(C)c(CC=NO)s2)cc1. The van der Waals surface area contributed by atoms with Crippen molar-refractivity contribution in [1.82, 2.24) is 4.98 Å². The van der Waals surface area contributed by atoms with Crippen molar-refractivity contribution < 1.29 is 9.94 Å². The fourth-order valence-electron chi connectivity index (χ4n) is 1.59. The summed E-state index contributed by atoms with van der Waals surface area (Å²) in [5, 5.41) is 15.5. The summed E-state index contributed by atoms with van der Waals surface area (Å²) in [5.41, 5.74) is 1.90. The van der Waals surface area contributed by atoms with Gasteiger partial charge in [0.2, 0.25) is 0 Å². The molecule has 1 aromatic heterocycles. The van der Waals surface area contributed by atoms with E-state index in [2.05, 4.69) is 15.5 Å². The topological polar surface area (TPSA) is 66.7 Å². The molecule has 5 nitrogen and oxygen atoms in total. The van der Waals surface area contributed by atoms with Gasteiger partial charge in [0.05, 0.1) is 12.8 Å². The number of hydrogen-bond donors (Lipinski definition) is 2. The molecule has 2 aromatic rings. The van der Waals surface area contributed by atoms with Crippen LogP contribution in [0.1, 0.15) is 10.6 Å². The molecule has 100 valence electrons. The Labute approximate surface area is 115 Å². The summed E-state index contributed by atoms with van der Waals surface area (Å²) in [4.78, 5) is 5.51. The van der Waals surface area contributed by atoms with Gasteiger partial charge >= 0.3 is 0 Å². The number of aryl methyl sites for hydroxylation is 1. The largest absolute Gasteiger partial charge is 0.497 e. The van der Waals surface area contributed by atoms with E-state index in [-0.39, 0.29) is 0 Å². The molecule has 0 spiro atoms. The second-order valence-electron chi connectivity index (χ2n) is 3.88. The van der Waals surface area contributed by atoms with Gasteiger partial charge in [-0.15, -0.1) is 16.5 Å². The van der Waals surface area contributed by atoms with E-state index in [9.17, 15) is 0 Å². The van der Waals surface area contributed by atoms with Crippen molar-refractivity contribution in [3.63, 3.8) is 0 Å². The van der Waals surface area contributed by atoms with E-state index in [0.717, 1.165) is 27.1 Å². The average Bonchev–Trinajstić information content (AvgIpc) is 2.77. The molecule has 1 aromatic carbocycles. The summed E-state index contributed by atoms with van der Waals surface area (Å²) in [5.74, 6) is 0.820. The van der Waals surface area contributed by atoms with E-state index >= 15 is 0 Å². The molecule has 0 saturated carbocycles. The van der Waals surface area contributed by atoms with Crippen molar-refractivity contribution >= 4 is 28.4 Å². The number of rotatable bonds is 5. The number of ether oxygens (including phenoxy) is 1. The molecule has 2 rings (SSSR count). The van der Waals surface area contributed by atoms with E-state index in [4.69, 9.17) is 9.94 Å². The van der Waals surface area contributed by atoms with Crippen LogP contribution in [0.4, 0.5) is 10.8 Å². The number of thiazole rings is 1. The van der Waals surface area contributed by atoms with Gasteiger partial charge in [-0.3, -0.25) is 0 Å². The second kappa shape index (κ2) is 6.19. The molecule has 0 aliphatic carbocycles. The Morgan fingerprint density at radius 3 is 2.79 bits per heavy atom. The number of methoxy groups -OCH3 is 1. The molecule has 0 bridgehead atoms. The molecule has 2 N–H and O–H groups in total.